The molecule has 0 aliphatic carbocycles. The van der Waals surface area contributed by atoms with Gasteiger partial charge in [-0.1, -0.05) is 0 Å². The molecule has 1 aliphatic rings. The summed E-state index contributed by atoms with van der Waals surface area (Å²) in [5.74, 6) is -1.45. The smallest absolute Gasteiger partial charge is 0.416 e. The van der Waals surface area contributed by atoms with Crippen molar-refractivity contribution in [1.82, 2.24) is 0 Å². The molecule has 2 aromatic rings. The van der Waals surface area contributed by atoms with Gasteiger partial charge in [-0.2, -0.15) is 17.6 Å². The number of hydrogen-bond acceptors (Lipinski definition) is 3. The van der Waals surface area contributed by atoms with E-state index >= 15 is 0 Å². The van der Waals surface area contributed by atoms with Crippen LogP contribution in [0.1, 0.15) is 22.3 Å². The first-order valence-electron chi connectivity index (χ1n) is 6.70. The lowest BCUT2D eigenvalue weighted by Gasteiger charge is -2.18. The Kier molecular flexibility index (Phi) is 3.71. The number of rotatable bonds is 2. The fourth-order valence-corrected chi connectivity index (χ4v) is 2.20. The first-order valence-corrected chi connectivity index (χ1v) is 6.70. The predicted molar refractivity (Wildman–Crippen MR) is 72.4 cm³/mol. The van der Waals surface area contributed by atoms with Gasteiger partial charge in [0.25, 0.3) is 0 Å². The van der Waals surface area contributed by atoms with Crippen molar-refractivity contribution in [2.24, 2.45) is 0 Å². The Bertz CT molecular complexity index is 751. The second kappa shape index (κ2) is 5.57. The molecule has 1 aliphatic heterocycles. The highest BCUT2D eigenvalue weighted by Gasteiger charge is 2.30. The number of halogens is 4. The highest BCUT2D eigenvalue weighted by molar-refractivity contribution is 5.99. The number of Topliss-reactive ketones (excluding diaryl/α,β-unsaturated/α-hetero) is 1. The van der Waals surface area contributed by atoms with Gasteiger partial charge in [0.15, 0.2) is 17.3 Å². The Morgan fingerprint density at radius 3 is 2.39 bits per heavy atom. The van der Waals surface area contributed by atoms with E-state index in [4.69, 9.17) is 9.47 Å². The van der Waals surface area contributed by atoms with Crippen LogP contribution in [0.4, 0.5) is 17.6 Å². The van der Waals surface area contributed by atoms with Crippen LogP contribution in [0.5, 0.6) is 17.2 Å². The summed E-state index contributed by atoms with van der Waals surface area (Å²) >= 11 is 0. The van der Waals surface area contributed by atoms with Crippen LogP contribution >= 0.6 is 0 Å². The number of alkyl halides is 3. The zero-order chi connectivity index (χ0) is 16.6. The van der Waals surface area contributed by atoms with Crippen LogP contribution in [0.15, 0.2) is 36.4 Å². The van der Waals surface area contributed by atoms with E-state index in [0.717, 1.165) is 24.3 Å². The molecule has 3 nitrogen and oxygen atoms in total. The summed E-state index contributed by atoms with van der Waals surface area (Å²) < 4.78 is 62.1. The van der Waals surface area contributed by atoms with Gasteiger partial charge in [-0.3, -0.25) is 4.79 Å². The maximum Gasteiger partial charge on any atom is 0.416 e. The molecule has 0 N–H and O–H groups in total. The SMILES string of the molecule is O=C1CCOc2c1ccc(Oc1ccc(C(F)(F)F)cc1)c2F. The topological polar surface area (TPSA) is 35.5 Å². The van der Waals surface area contributed by atoms with Crippen LogP contribution in [0.25, 0.3) is 0 Å². The molecule has 1 heterocycles. The lowest BCUT2D eigenvalue weighted by molar-refractivity contribution is -0.137. The number of carbonyl (C=O) groups is 1. The van der Waals surface area contributed by atoms with Crippen molar-refractivity contribution in [3.05, 3.63) is 53.3 Å². The van der Waals surface area contributed by atoms with Crippen LogP contribution in [-0.2, 0) is 6.18 Å². The first kappa shape index (κ1) is 15.3. The molecule has 0 radical (unpaired) electrons. The molecule has 0 unspecified atom stereocenters. The summed E-state index contributed by atoms with van der Waals surface area (Å²) in [6, 6.07) is 6.48. The molecule has 120 valence electrons. The van der Waals surface area contributed by atoms with Crippen LogP contribution in [0, 0.1) is 5.82 Å². The van der Waals surface area contributed by atoms with Gasteiger partial charge in [0.05, 0.1) is 17.7 Å². The molecule has 0 saturated heterocycles. The molecule has 0 bridgehead atoms. The van der Waals surface area contributed by atoms with Gasteiger partial charge in [0.2, 0.25) is 5.82 Å². The third-order valence-electron chi connectivity index (χ3n) is 3.35. The fraction of sp³-hybridized carbons (Fsp3) is 0.188. The Morgan fingerprint density at radius 2 is 1.74 bits per heavy atom. The highest BCUT2D eigenvalue weighted by atomic mass is 19.4. The van der Waals surface area contributed by atoms with Gasteiger partial charge in [-0.05, 0) is 36.4 Å². The van der Waals surface area contributed by atoms with Crippen LogP contribution in [0.2, 0.25) is 0 Å². The molecule has 0 fully saturated rings. The average Bonchev–Trinajstić information content (AvgIpc) is 2.50. The molecule has 0 amide bonds. The van der Waals surface area contributed by atoms with Gasteiger partial charge in [0.1, 0.15) is 5.75 Å². The zero-order valence-electron chi connectivity index (χ0n) is 11.6. The molecule has 0 spiro atoms. The van der Waals surface area contributed by atoms with Gasteiger partial charge in [-0.25, -0.2) is 0 Å². The Labute approximate surface area is 128 Å². The van der Waals surface area contributed by atoms with E-state index in [1.54, 1.807) is 0 Å². The number of ether oxygens (including phenoxy) is 2. The summed E-state index contributed by atoms with van der Waals surface area (Å²) in [5.41, 5.74) is -0.696. The minimum atomic E-state index is -4.45. The highest BCUT2D eigenvalue weighted by Crippen LogP contribution is 2.36. The van der Waals surface area contributed by atoms with Crippen molar-refractivity contribution in [2.75, 3.05) is 6.61 Å². The van der Waals surface area contributed by atoms with E-state index in [0.29, 0.717) is 0 Å². The Hall–Kier alpha value is -2.57. The number of hydrogen-bond donors (Lipinski definition) is 0. The molecule has 0 atom stereocenters. The molecule has 7 heteroatoms. The summed E-state index contributed by atoms with van der Waals surface area (Å²) in [5, 5.41) is 0. The lowest BCUT2D eigenvalue weighted by Crippen LogP contribution is -2.16. The van der Waals surface area contributed by atoms with E-state index in [9.17, 15) is 22.4 Å². The first-order chi connectivity index (χ1) is 10.9. The second-order valence-corrected chi connectivity index (χ2v) is 4.90. The van der Waals surface area contributed by atoms with Gasteiger partial charge in [0, 0.05) is 6.42 Å². The molecule has 3 rings (SSSR count). The van der Waals surface area contributed by atoms with Crippen molar-refractivity contribution in [2.45, 2.75) is 12.6 Å². The fourth-order valence-electron chi connectivity index (χ4n) is 2.20. The third-order valence-corrected chi connectivity index (χ3v) is 3.35. The average molecular weight is 326 g/mol. The molecular formula is C16H10F4O3. The van der Waals surface area contributed by atoms with Gasteiger partial charge >= 0.3 is 6.18 Å². The monoisotopic (exact) mass is 326 g/mol. The third kappa shape index (κ3) is 2.99. The number of benzene rings is 2. The van der Waals surface area contributed by atoms with Crippen molar-refractivity contribution in [3.63, 3.8) is 0 Å². The Balaban J connectivity index is 1.87. The molecule has 0 aromatic heterocycles. The predicted octanol–water partition coefficient (Wildman–Crippen LogP) is 4.60. The van der Waals surface area contributed by atoms with Gasteiger partial charge < -0.3 is 9.47 Å². The van der Waals surface area contributed by atoms with Crippen LogP contribution in [-0.4, -0.2) is 12.4 Å². The van der Waals surface area contributed by atoms with E-state index in [2.05, 4.69) is 0 Å². The van der Waals surface area contributed by atoms with Crippen molar-refractivity contribution >= 4 is 5.78 Å². The minimum Gasteiger partial charge on any atom is -0.489 e. The van der Waals surface area contributed by atoms with Crippen molar-refractivity contribution in [3.8, 4) is 17.2 Å². The van der Waals surface area contributed by atoms with E-state index in [-0.39, 0.29) is 41.6 Å². The zero-order valence-corrected chi connectivity index (χ0v) is 11.6. The second-order valence-electron chi connectivity index (χ2n) is 4.90. The molecule has 23 heavy (non-hydrogen) atoms. The normalized spacial score (nSPS) is 14.2. The number of ketones is 1. The maximum atomic E-state index is 14.3. The standard InChI is InChI=1S/C16H10F4O3/c17-14-13(6-5-11-12(21)7-8-22-15(11)14)23-10-3-1-9(2-4-10)16(18,19)20/h1-6H,7-8H2. The van der Waals surface area contributed by atoms with Crippen molar-refractivity contribution in [1.29, 1.82) is 0 Å². The summed E-state index contributed by atoms with van der Waals surface area (Å²) in [6.07, 6.45) is -4.28. The van der Waals surface area contributed by atoms with E-state index in [1.165, 1.54) is 12.1 Å². The largest absolute Gasteiger partial charge is 0.489 e. The van der Waals surface area contributed by atoms with Gasteiger partial charge in [-0.15, -0.1) is 0 Å². The minimum absolute atomic E-state index is 0.0407. The van der Waals surface area contributed by atoms with Crippen molar-refractivity contribution < 1.29 is 31.8 Å². The summed E-state index contributed by atoms with van der Waals surface area (Å²) in [6.45, 7) is 0.0759. The number of carbonyl (C=O) groups excluding carboxylic acids is 1. The van der Waals surface area contributed by atoms with E-state index < -0.39 is 17.6 Å². The van der Waals surface area contributed by atoms with Crippen LogP contribution < -0.4 is 9.47 Å². The number of fused-ring (bicyclic) bond motifs is 1. The summed E-state index contributed by atoms with van der Waals surface area (Å²) in [7, 11) is 0. The quantitative estimate of drug-likeness (QED) is 0.757. The van der Waals surface area contributed by atoms with E-state index in [1.807, 2.05) is 0 Å². The molecular weight excluding hydrogens is 316 g/mol. The molecule has 2 aromatic carbocycles. The molecule has 0 saturated carbocycles. The Morgan fingerprint density at radius 1 is 1.04 bits per heavy atom. The summed E-state index contributed by atoms with van der Waals surface area (Å²) in [4.78, 5) is 11.6. The lowest BCUT2D eigenvalue weighted by atomic mass is 10.0. The maximum absolute atomic E-state index is 14.3. The van der Waals surface area contributed by atoms with Crippen LogP contribution in [0.3, 0.4) is 0 Å².